The van der Waals surface area contributed by atoms with E-state index in [9.17, 15) is 9.18 Å². The number of benzene rings is 2. The Morgan fingerprint density at radius 2 is 1.68 bits per heavy atom. The third-order valence-electron chi connectivity index (χ3n) is 3.55. The molecule has 0 saturated heterocycles. The minimum Gasteiger partial charge on any atom is -0.369 e. The normalized spacial score (nSPS) is 13.8. The van der Waals surface area contributed by atoms with Crippen LogP contribution in [-0.4, -0.2) is 5.91 Å². The van der Waals surface area contributed by atoms with Crippen molar-refractivity contribution in [2.24, 2.45) is 5.73 Å². The van der Waals surface area contributed by atoms with Crippen molar-refractivity contribution >= 4 is 5.91 Å². The number of rotatable bonds is 4. The van der Waals surface area contributed by atoms with E-state index in [1.807, 2.05) is 25.1 Å². The van der Waals surface area contributed by atoms with E-state index in [1.165, 1.54) is 6.07 Å². The molecule has 98 valence electrons. The van der Waals surface area contributed by atoms with E-state index in [2.05, 4.69) is 0 Å². The van der Waals surface area contributed by atoms with Gasteiger partial charge in [-0.3, -0.25) is 4.79 Å². The summed E-state index contributed by atoms with van der Waals surface area (Å²) in [7, 11) is 0. The number of primary amides is 1. The molecule has 0 radical (unpaired) electrons. The highest BCUT2D eigenvalue weighted by molar-refractivity contribution is 5.90. The Labute approximate surface area is 112 Å². The first-order valence-corrected chi connectivity index (χ1v) is 6.23. The van der Waals surface area contributed by atoms with Gasteiger partial charge in [-0.15, -0.1) is 0 Å². The maximum absolute atomic E-state index is 14.1. The zero-order chi connectivity index (χ0) is 13.9. The Morgan fingerprint density at radius 1 is 1.11 bits per heavy atom. The number of hydrogen-bond acceptors (Lipinski definition) is 1. The van der Waals surface area contributed by atoms with Gasteiger partial charge in [0, 0.05) is 5.56 Å². The summed E-state index contributed by atoms with van der Waals surface area (Å²) in [6, 6.07) is 15.4. The molecule has 2 aromatic rings. The van der Waals surface area contributed by atoms with Crippen molar-refractivity contribution < 1.29 is 9.18 Å². The molecule has 0 bridgehead atoms. The molecule has 2 nitrogen and oxygen atoms in total. The number of hydrogen-bond donors (Lipinski definition) is 1. The lowest BCUT2D eigenvalue weighted by atomic mass is 9.71. The second kappa shape index (κ2) is 5.22. The largest absolute Gasteiger partial charge is 0.369 e. The first-order valence-electron chi connectivity index (χ1n) is 6.23. The standard InChI is InChI=1S/C16H16FNO/c1-2-16(15(18)19,12-8-4-3-5-9-12)13-10-6-7-11-14(13)17/h3-11H,2H2,1H3,(H2,18,19). The first-order chi connectivity index (χ1) is 9.13. The highest BCUT2D eigenvalue weighted by Gasteiger charge is 2.40. The van der Waals surface area contributed by atoms with E-state index in [0.717, 1.165) is 5.56 Å². The summed E-state index contributed by atoms with van der Waals surface area (Å²) in [5.41, 5.74) is 5.54. The van der Waals surface area contributed by atoms with E-state index in [1.54, 1.807) is 30.3 Å². The van der Waals surface area contributed by atoms with Crippen molar-refractivity contribution in [1.82, 2.24) is 0 Å². The fraction of sp³-hybridized carbons (Fsp3) is 0.188. The molecule has 0 aliphatic rings. The molecule has 2 rings (SSSR count). The number of carbonyl (C=O) groups is 1. The minimum atomic E-state index is -1.12. The van der Waals surface area contributed by atoms with Crippen LogP contribution in [0.15, 0.2) is 54.6 Å². The first kappa shape index (κ1) is 13.3. The molecule has 0 aromatic heterocycles. The molecule has 0 aliphatic heterocycles. The number of carbonyl (C=O) groups excluding carboxylic acids is 1. The second-order valence-corrected chi connectivity index (χ2v) is 4.47. The molecular formula is C16H16FNO. The monoisotopic (exact) mass is 257 g/mol. The van der Waals surface area contributed by atoms with Gasteiger partial charge in [0.1, 0.15) is 11.2 Å². The highest BCUT2D eigenvalue weighted by Crippen LogP contribution is 2.36. The van der Waals surface area contributed by atoms with Gasteiger partial charge < -0.3 is 5.73 Å². The van der Waals surface area contributed by atoms with Crippen LogP contribution in [0.5, 0.6) is 0 Å². The van der Waals surface area contributed by atoms with E-state index in [-0.39, 0.29) is 0 Å². The van der Waals surface area contributed by atoms with E-state index in [4.69, 9.17) is 5.73 Å². The van der Waals surface area contributed by atoms with Crippen LogP contribution < -0.4 is 5.73 Å². The zero-order valence-corrected chi connectivity index (χ0v) is 10.8. The highest BCUT2D eigenvalue weighted by atomic mass is 19.1. The molecule has 1 amide bonds. The van der Waals surface area contributed by atoms with Crippen molar-refractivity contribution in [2.45, 2.75) is 18.8 Å². The Hall–Kier alpha value is -2.16. The molecule has 0 fully saturated rings. The van der Waals surface area contributed by atoms with Gasteiger partial charge in [-0.1, -0.05) is 55.5 Å². The summed E-state index contributed by atoms with van der Waals surface area (Å²) in [4.78, 5) is 12.1. The Morgan fingerprint density at radius 3 is 2.21 bits per heavy atom. The van der Waals surface area contributed by atoms with Crippen molar-refractivity contribution in [1.29, 1.82) is 0 Å². The Balaban J connectivity index is 2.73. The van der Waals surface area contributed by atoms with Crippen LogP contribution in [0.4, 0.5) is 4.39 Å². The minimum absolute atomic E-state index is 0.330. The van der Waals surface area contributed by atoms with Gasteiger partial charge in [0.15, 0.2) is 0 Å². The lowest BCUT2D eigenvalue weighted by Crippen LogP contribution is -2.42. The molecule has 0 saturated carbocycles. The molecule has 2 N–H and O–H groups in total. The predicted octanol–water partition coefficient (Wildman–Crippen LogP) is 3.01. The third-order valence-corrected chi connectivity index (χ3v) is 3.55. The molecule has 1 unspecified atom stereocenters. The number of halogens is 1. The Kier molecular flexibility index (Phi) is 3.65. The van der Waals surface area contributed by atoms with E-state index < -0.39 is 17.1 Å². The topological polar surface area (TPSA) is 43.1 Å². The fourth-order valence-corrected chi connectivity index (χ4v) is 2.53. The average molecular weight is 257 g/mol. The molecule has 19 heavy (non-hydrogen) atoms. The number of nitrogens with two attached hydrogens (primary N) is 1. The van der Waals surface area contributed by atoms with Crippen LogP contribution in [0.25, 0.3) is 0 Å². The van der Waals surface area contributed by atoms with Crippen LogP contribution >= 0.6 is 0 Å². The molecular weight excluding hydrogens is 241 g/mol. The van der Waals surface area contributed by atoms with Crippen molar-refractivity contribution in [3.63, 3.8) is 0 Å². The van der Waals surface area contributed by atoms with Gasteiger partial charge in [-0.2, -0.15) is 0 Å². The van der Waals surface area contributed by atoms with Gasteiger partial charge in [-0.25, -0.2) is 4.39 Å². The van der Waals surface area contributed by atoms with Crippen molar-refractivity contribution in [3.05, 3.63) is 71.5 Å². The summed E-state index contributed by atoms with van der Waals surface area (Å²) < 4.78 is 14.1. The summed E-state index contributed by atoms with van der Waals surface area (Å²) >= 11 is 0. The van der Waals surface area contributed by atoms with Crippen LogP contribution in [0, 0.1) is 5.82 Å². The predicted molar refractivity (Wildman–Crippen MR) is 73.1 cm³/mol. The number of amides is 1. The summed E-state index contributed by atoms with van der Waals surface area (Å²) in [6.45, 7) is 1.84. The zero-order valence-electron chi connectivity index (χ0n) is 10.8. The summed E-state index contributed by atoms with van der Waals surface area (Å²) in [5, 5.41) is 0. The fourth-order valence-electron chi connectivity index (χ4n) is 2.53. The molecule has 0 aliphatic carbocycles. The summed E-state index contributed by atoms with van der Waals surface area (Å²) in [6.07, 6.45) is 0.410. The lowest BCUT2D eigenvalue weighted by Gasteiger charge is -2.31. The van der Waals surface area contributed by atoms with E-state index in [0.29, 0.717) is 12.0 Å². The van der Waals surface area contributed by atoms with Gasteiger partial charge in [0.2, 0.25) is 5.91 Å². The van der Waals surface area contributed by atoms with Crippen LogP contribution in [0.3, 0.4) is 0 Å². The smallest absolute Gasteiger partial charge is 0.232 e. The average Bonchev–Trinajstić information content (AvgIpc) is 2.43. The van der Waals surface area contributed by atoms with E-state index >= 15 is 0 Å². The van der Waals surface area contributed by atoms with Gasteiger partial charge in [-0.05, 0) is 18.1 Å². The SMILES string of the molecule is CCC(C(N)=O)(c1ccccc1)c1ccccc1F. The van der Waals surface area contributed by atoms with Crippen LogP contribution in [0.2, 0.25) is 0 Å². The lowest BCUT2D eigenvalue weighted by molar-refractivity contribution is -0.122. The third kappa shape index (κ3) is 2.12. The second-order valence-electron chi connectivity index (χ2n) is 4.47. The van der Waals surface area contributed by atoms with Gasteiger partial charge in [0.05, 0.1) is 0 Å². The summed E-state index contributed by atoms with van der Waals surface area (Å²) in [5.74, 6) is -0.946. The van der Waals surface area contributed by atoms with Crippen LogP contribution in [0.1, 0.15) is 24.5 Å². The Bertz CT molecular complexity index is 582. The maximum atomic E-state index is 14.1. The molecule has 3 heteroatoms. The molecule has 0 spiro atoms. The van der Waals surface area contributed by atoms with Crippen molar-refractivity contribution in [3.8, 4) is 0 Å². The molecule has 2 aromatic carbocycles. The van der Waals surface area contributed by atoms with Crippen LogP contribution in [-0.2, 0) is 10.2 Å². The maximum Gasteiger partial charge on any atom is 0.232 e. The van der Waals surface area contributed by atoms with Gasteiger partial charge in [0.25, 0.3) is 0 Å². The van der Waals surface area contributed by atoms with Gasteiger partial charge >= 0.3 is 0 Å². The molecule has 0 heterocycles. The van der Waals surface area contributed by atoms with Crippen molar-refractivity contribution in [2.75, 3.05) is 0 Å². The quantitative estimate of drug-likeness (QED) is 0.899. The molecule has 1 atom stereocenters.